The lowest BCUT2D eigenvalue weighted by atomic mass is 9.88. The van der Waals surface area contributed by atoms with Gasteiger partial charge >= 0.3 is 5.97 Å². The quantitative estimate of drug-likeness (QED) is 0.455. The Morgan fingerprint density at radius 3 is 2.57 bits per heavy atom. The second-order valence-electron chi connectivity index (χ2n) is 6.79. The maximum absolute atomic E-state index is 13.2. The highest BCUT2D eigenvalue weighted by atomic mass is 16.7. The molecule has 0 fully saturated rings. The molecule has 148 valence electrons. The molecule has 0 aliphatic carbocycles. The Bertz CT molecular complexity index is 806. The van der Waals surface area contributed by atoms with Crippen molar-refractivity contribution < 1.29 is 24.2 Å². The summed E-state index contributed by atoms with van der Waals surface area (Å²) in [6.45, 7) is 1.61. The van der Waals surface area contributed by atoms with Crippen LogP contribution in [0.25, 0.3) is 0 Å². The van der Waals surface area contributed by atoms with Crippen molar-refractivity contribution in [2.24, 2.45) is 0 Å². The van der Waals surface area contributed by atoms with Crippen molar-refractivity contribution >= 4 is 11.8 Å². The topological polar surface area (TPSA) is 84.9 Å². The van der Waals surface area contributed by atoms with Crippen molar-refractivity contribution in [2.75, 3.05) is 19.9 Å². The maximum Gasteiger partial charge on any atom is 0.303 e. The van der Waals surface area contributed by atoms with Crippen LogP contribution in [0.5, 0.6) is 11.5 Å². The SMILES string of the molecule is O=C(O)CCCCNCCC(C(=O)c1ccc2c(c1)OCO2)c1ccccc1. The highest BCUT2D eigenvalue weighted by Gasteiger charge is 2.24. The van der Waals surface area contributed by atoms with Gasteiger partial charge in [-0.2, -0.15) is 0 Å². The normalized spacial score (nSPS) is 13.3. The number of fused-ring (bicyclic) bond motifs is 1. The van der Waals surface area contributed by atoms with E-state index in [4.69, 9.17) is 14.6 Å². The number of aliphatic carboxylic acids is 1. The Balaban J connectivity index is 1.61. The van der Waals surface area contributed by atoms with Gasteiger partial charge in [-0.25, -0.2) is 0 Å². The molecule has 0 saturated heterocycles. The molecule has 1 heterocycles. The van der Waals surface area contributed by atoms with Gasteiger partial charge in [0, 0.05) is 17.9 Å². The Kier molecular flexibility index (Phi) is 7.03. The third-order valence-electron chi connectivity index (χ3n) is 4.78. The summed E-state index contributed by atoms with van der Waals surface area (Å²) < 4.78 is 10.7. The summed E-state index contributed by atoms with van der Waals surface area (Å²) in [5.41, 5.74) is 1.59. The number of unbranched alkanes of at least 4 members (excludes halogenated alkanes) is 1. The van der Waals surface area contributed by atoms with Gasteiger partial charge in [-0.3, -0.25) is 9.59 Å². The molecule has 0 bridgehead atoms. The summed E-state index contributed by atoms with van der Waals surface area (Å²) in [5.74, 6) is 0.300. The molecule has 0 spiro atoms. The average Bonchev–Trinajstić information content (AvgIpc) is 3.18. The Morgan fingerprint density at radius 2 is 1.79 bits per heavy atom. The zero-order chi connectivity index (χ0) is 19.8. The smallest absolute Gasteiger partial charge is 0.303 e. The van der Waals surface area contributed by atoms with Crippen LogP contribution in [0, 0.1) is 0 Å². The maximum atomic E-state index is 13.2. The molecule has 0 saturated carbocycles. The molecule has 1 aliphatic rings. The fraction of sp³-hybridized carbons (Fsp3) is 0.364. The number of rotatable bonds is 11. The number of ether oxygens (including phenoxy) is 2. The fourth-order valence-electron chi connectivity index (χ4n) is 3.28. The number of carboxylic acids is 1. The number of hydrogen-bond donors (Lipinski definition) is 2. The standard InChI is InChI=1S/C22H25NO5/c24-21(25)8-4-5-12-23-13-11-18(16-6-2-1-3-7-16)22(26)17-9-10-19-20(14-17)28-15-27-19/h1-3,6-7,9-10,14,18,23H,4-5,8,11-13,15H2,(H,24,25). The van der Waals surface area contributed by atoms with Gasteiger partial charge in [0.15, 0.2) is 17.3 Å². The first-order valence-corrected chi connectivity index (χ1v) is 9.56. The minimum atomic E-state index is -0.765. The van der Waals surface area contributed by atoms with Gasteiger partial charge < -0.3 is 19.9 Å². The molecule has 1 aliphatic heterocycles. The Morgan fingerprint density at radius 1 is 1.00 bits per heavy atom. The van der Waals surface area contributed by atoms with Gasteiger partial charge in [-0.15, -0.1) is 0 Å². The van der Waals surface area contributed by atoms with Crippen molar-refractivity contribution in [3.8, 4) is 11.5 Å². The Hall–Kier alpha value is -2.86. The molecule has 0 aromatic heterocycles. The molecule has 2 N–H and O–H groups in total. The van der Waals surface area contributed by atoms with Crippen LogP contribution in [-0.2, 0) is 4.79 Å². The number of benzene rings is 2. The fourth-order valence-corrected chi connectivity index (χ4v) is 3.28. The van der Waals surface area contributed by atoms with E-state index in [1.165, 1.54) is 0 Å². The number of carbonyl (C=O) groups excluding carboxylic acids is 1. The lowest BCUT2D eigenvalue weighted by Crippen LogP contribution is -2.22. The summed E-state index contributed by atoms with van der Waals surface area (Å²) in [6.07, 6.45) is 2.31. The van der Waals surface area contributed by atoms with E-state index in [1.807, 2.05) is 30.3 Å². The van der Waals surface area contributed by atoms with Crippen LogP contribution >= 0.6 is 0 Å². The van der Waals surface area contributed by atoms with Gasteiger partial charge in [0.25, 0.3) is 0 Å². The minimum Gasteiger partial charge on any atom is -0.481 e. The zero-order valence-corrected chi connectivity index (χ0v) is 15.7. The number of ketones is 1. The van der Waals surface area contributed by atoms with E-state index in [0.29, 0.717) is 36.4 Å². The lowest BCUT2D eigenvalue weighted by Gasteiger charge is -2.17. The van der Waals surface area contributed by atoms with E-state index >= 15 is 0 Å². The number of hydrogen-bond acceptors (Lipinski definition) is 5. The molecule has 3 rings (SSSR count). The molecular weight excluding hydrogens is 358 g/mol. The van der Waals surface area contributed by atoms with Crippen molar-refractivity contribution in [1.29, 1.82) is 0 Å². The highest BCUT2D eigenvalue weighted by Crippen LogP contribution is 2.34. The summed E-state index contributed by atoms with van der Waals surface area (Å²) >= 11 is 0. The van der Waals surface area contributed by atoms with E-state index in [-0.39, 0.29) is 24.9 Å². The Labute approximate surface area is 164 Å². The van der Waals surface area contributed by atoms with E-state index in [0.717, 1.165) is 18.5 Å². The first-order valence-electron chi connectivity index (χ1n) is 9.56. The van der Waals surface area contributed by atoms with Crippen LogP contribution in [0.4, 0.5) is 0 Å². The monoisotopic (exact) mass is 383 g/mol. The van der Waals surface area contributed by atoms with Crippen LogP contribution in [0.15, 0.2) is 48.5 Å². The number of Topliss-reactive ketones (excluding diaryl/α,β-unsaturated/α-hetero) is 1. The van der Waals surface area contributed by atoms with E-state index in [9.17, 15) is 9.59 Å². The summed E-state index contributed by atoms with van der Waals surface area (Å²) in [4.78, 5) is 23.7. The zero-order valence-electron chi connectivity index (χ0n) is 15.7. The largest absolute Gasteiger partial charge is 0.481 e. The van der Waals surface area contributed by atoms with E-state index in [2.05, 4.69) is 5.32 Å². The molecule has 2 aromatic carbocycles. The van der Waals surface area contributed by atoms with Gasteiger partial charge in [-0.1, -0.05) is 30.3 Å². The van der Waals surface area contributed by atoms with Crippen molar-refractivity contribution in [3.05, 3.63) is 59.7 Å². The van der Waals surface area contributed by atoms with Crippen LogP contribution < -0.4 is 14.8 Å². The second-order valence-corrected chi connectivity index (χ2v) is 6.79. The molecule has 0 radical (unpaired) electrons. The van der Waals surface area contributed by atoms with E-state index < -0.39 is 5.97 Å². The second kappa shape index (κ2) is 9.90. The third-order valence-corrected chi connectivity index (χ3v) is 4.78. The molecule has 1 unspecified atom stereocenters. The van der Waals surface area contributed by atoms with E-state index in [1.54, 1.807) is 18.2 Å². The van der Waals surface area contributed by atoms with Crippen molar-refractivity contribution in [1.82, 2.24) is 5.32 Å². The minimum absolute atomic E-state index is 0.0529. The summed E-state index contributed by atoms with van der Waals surface area (Å²) in [7, 11) is 0. The van der Waals surface area contributed by atoms with Crippen LogP contribution in [0.2, 0.25) is 0 Å². The predicted octanol–water partition coefficient (Wildman–Crippen LogP) is 3.62. The molecule has 1 atom stereocenters. The number of carboxylic acid groups (broad SMARTS) is 1. The van der Waals surface area contributed by atoms with Crippen molar-refractivity contribution in [2.45, 2.75) is 31.6 Å². The molecule has 6 heteroatoms. The number of nitrogens with one attached hydrogen (secondary N) is 1. The predicted molar refractivity (Wildman–Crippen MR) is 105 cm³/mol. The van der Waals surface area contributed by atoms with Crippen LogP contribution in [-0.4, -0.2) is 36.7 Å². The first kappa shape index (κ1) is 19.9. The molecular formula is C22H25NO5. The molecule has 2 aromatic rings. The van der Waals surface area contributed by atoms with Gasteiger partial charge in [-0.05, 0) is 56.1 Å². The van der Waals surface area contributed by atoms with Gasteiger partial charge in [0.1, 0.15) is 0 Å². The molecule has 28 heavy (non-hydrogen) atoms. The lowest BCUT2D eigenvalue weighted by molar-refractivity contribution is -0.137. The number of carbonyl (C=O) groups is 2. The average molecular weight is 383 g/mol. The third kappa shape index (κ3) is 5.33. The van der Waals surface area contributed by atoms with Crippen LogP contribution in [0.3, 0.4) is 0 Å². The first-order chi connectivity index (χ1) is 13.6. The summed E-state index contributed by atoms with van der Waals surface area (Å²) in [6, 6.07) is 15.1. The van der Waals surface area contributed by atoms with Crippen LogP contribution in [0.1, 0.15) is 47.5 Å². The summed E-state index contributed by atoms with van der Waals surface area (Å²) in [5, 5.41) is 12.0. The highest BCUT2D eigenvalue weighted by molar-refractivity contribution is 6.01. The van der Waals surface area contributed by atoms with Gasteiger partial charge in [0.2, 0.25) is 6.79 Å². The molecule has 6 nitrogen and oxygen atoms in total. The van der Waals surface area contributed by atoms with Crippen molar-refractivity contribution in [3.63, 3.8) is 0 Å². The molecule has 0 amide bonds. The van der Waals surface area contributed by atoms with Gasteiger partial charge in [0.05, 0.1) is 0 Å².